The maximum atomic E-state index is 12.3. The van der Waals surface area contributed by atoms with E-state index in [4.69, 9.17) is 9.47 Å². The number of urea groups is 1. The summed E-state index contributed by atoms with van der Waals surface area (Å²) < 4.78 is 10.8. The number of benzene rings is 1. The monoisotopic (exact) mass is 347 g/mol. The Kier molecular flexibility index (Phi) is 6.67. The molecule has 1 aromatic carbocycles. The van der Waals surface area contributed by atoms with E-state index in [-0.39, 0.29) is 18.1 Å². The van der Waals surface area contributed by atoms with Crippen LogP contribution in [0.2, 0.25) is 0 Å². The lowest BCUT2D eigenvalue weighted by Gasteiger charge is -2.35. The summed E-state index contributed by atoms with van der Waals surface area (Å²) in [6.45, 7) is 7.41. The predicted octanol–water partition coefficient (Wildman–Crippen LogP) is 1.85. The van der Waals surface area contributed by atoms with Gasteiger partial charge in [0.05, 0.1) is 19.3 Å². The van der Waals surface area contributed by atoms with Crippen molar-refractivity contribution in [3.05, 3.63) is 35.4 Å². The molecule has 25 heavy (non-hydrogen) atoms. The van der Waals surface area contributed by atoms with Crippen LogP contribution >= 0.6 is 0 Å². The molecular formula is C19H29N3O3. The van der Waals surface area contributed by atoms with Gasteiger partial charge >= 0.3 is 6.03 Å². The molecule has 138 valence electrons. The van der Waals surface area contributed by atoms with Gasteiger partial charge in [-0.1, -0.05) is 29.8 Å². The van der Waals surface area contributed by atoms with Crippen LogP contribution in [0, 0.1) is 6.92 Å². The summed E-state index contributed by atoms with van der Waals surface area (Å²) in [6, 6.07) is 8.88. The van der Waals surface area contributed by atoms with Crippen LogP contribution in [0.1, 0.15) is 30.0 Å². The first kappa shape index (κ1) is 18.2. The minimum atomic E-state index is -0.0859. The molecule has 3 rings (SSSR count). The molecule has 6 heteroatoms. The number of aryl methyl sites for hydroxylation is 1. The fourth-order valence-electron chi connectivity index (χ4n) is 3.40. The van der Waals surface area contributed by atoms with E-state index in [0.29, 0.717) is 6.54 Å². The smallest absolute Gasteiger partial charge is 0.315 e. The summed E-state index contributed by atoms with van der Waals surface area (Å²) >= 11 is 0. The fourth-order valence-corrected chi connectivity index (χ4v) is 3.40. The lowest BCUT2D eigenvalue weighted by Crippen LogP contribution is -2.48. The zero-order chi connectivity index (χ0) is 17.5. The van der Waals surface area contributed by atoms with Crippen molar-refractivity contribution in [2.45, 2.75) is 31.8 Å². The highest BCUT2D eigenvalue weighted by atomic mass is 16.5. The summed E-state index contributed by atoms with van der Waals surface area (Å²) in [6.07, 6.45) is 1.77. The number of morpholine rings is 1. The Labute approximate surface area is 149 Å². The number of hydrogen-bond donors (Lipinski definition) is 2. The zero-order valence-corrected chi connectivity index (χ0v) is 15.0. The summed E-state index contributed by atoms with van der Waals surface area (Å²) in [5.41, 5.74) is 2.48. The normalized spacial score (nSPS) is 20.8. The minimum absolute atomic E-state index is 0.0859. The van der Waals surface area contributed by atoms with Crippen molar-refractivity contribution in [1.29, 1.82) is 0 Å². The second kappa shape index (κ2) is 9.17. The van der Waals surface area contributed by atoms with E-state index >= 15 is 0 Å². The molecule has 0 bridgehead atoms. The molecule has 2 fully saturated rings. The van der Waals surface area contributed by atoms with E-state index < -0.39 is 0 Å². The Morgan fingerprint density at radius 3 is 2.44 bits per heavy atom. The Hall–Kier alpha value is -1.63. The van der Waals surface area contributed by atoms with Crippen molar-refractivity contribution in [2.24, 2.45) is 0 Å². The number of nitrogens with one attached hydrogen (secondary N) is 2. The highest BCUT2D eigenvalue weighted by molar-refractivity contribution is 5.74. The van der Waals surface area contributed by atoms with Crippen LogP contribution in [0.5, 0.6) is 0 Å². The molecule has 0 aromatic heterocycles. The van der Waals surface area contributed by atoms with Crippen LogP contribution in [0.3, 0.4) is 0 Å². The van der Waals surface area contributed by atoms with Gasteiger partial charge in [-0.3, -0.25) is 4.90 Å². The summed E-state index contributed by atoms with van der Waals surface area (Å²) in [7, 11) is 0. The first-order chi connectivity index (χ1) is 12.2. The van der Waals surface area contributed by atoms with Gasteiger partial charge in [-0.2, -0.15) is 0 Å². The molecule has 1 unspecified atom stereocenters. The standard InChI is InChI=1S/C19H29N3O3/c1-15-2-4-16(5-3-15)18(22-8-12-25-13-9-22)14-20-19(23)21-17-6-10-24-11-7-17/h2-5,17-18H,6-14H2,1H3,(H2,20,21,23). The molecule has 2 aliphatic rings. The van der Waals surface area contributed by atoms with Crippen LogP contribution in [0.4, 0.5) is 4.79 Å². The molecule has 6 nitrogen and oxygen atoms in total. The van der Waals surface area contributed by atoms with E-state index in [0.717, 1.165) is 52.4 Å². The van der Waals surface area contributed by atoms with E-state index in [1.54, 1.807) is 0 Å². The highest BCUT2D eigenvalue weighted by Gasteiger charge is 2.24. The van der Waals surface area contributed by atoms with Gasteiger partial charge in [-0.25, -0.2) is 4.79 Å². The van der Waals surface area contributed by atoms with Gasteiger partial charge in [0.15, 0.2) is 0 Å². The third kappa shape index (κ3) is 5.42. The third-order valence-electron chi connectivity index (χ3n) is 4.96. The summed E-state index contributed by atoms with van der Waals surface area (Å²) in [5.74, 6) is 0. The largest absolute Gasteiger partial charge is 0.381 e. The van der Waals surface area contributed by atoms with Crippen molar-refractivity contribution in [3.8, 4) is 0 Å². The minimum Gasteiger partial charge on any atom is -0.381 e. The predicted molar refractivity (Wildman–Crippen MR) is 96.7 cm³/mol. The Bertz CT molecular complexity index is 537. The third-order valence-corrected chi connectivity index (χ3v) is 4.96. The quantitative estimate of drug-likeness (QED) is 0.853. The Morgan fingerprint density at radius 2 is 1.76 bits per heavy atom. The Morgan fingerprint density at radius 1 is 1.12 bits per heavy atom. The van der Waals surface area contributed by atoms with Crippen molar-refractivity contribution >= 4 is 6.03 Å². The van der Waals surface area contributed by atoms with E-state index in [1.165, 1.54) is 11.1 Å². The van der Waals surface area contributed by atoms with E-state index in [9.17, 15) is 4.79 Å². The second-order valence-electron chi connectivity index (χ2n) is 6.82. The number of carbonyl (C=O) groups excluding carboxylic acids is 1. The molecule has 2 N–H and O–H groups in total. The zero-order valence-electron chi connectivity index (χ0n) is 15.0. The van der Waals surface area contributed by atoms with Crippen molar-refractivity contribution in [1.82, 2.24) is 15.5 Å². The van der Waals surface area contributed by atoms with Gasteiger partial charge in [0.25, 0.3) is 0 Å². The van der Waals surface area contributed by atoms with Crippen molar-refractivity contribution < 1.29 is 14.3 Å². The maximum Gasteiger partial charge on any atom is 0.315 e. The molecule has 2 saturated heterocycles. The van der Waals surface area contributed by atoms with Crippen LogP contribution in [-0.2, 0) is 9.47 Å². The average molecular weight is 347 g/mol. The van der Waals surface area contributed by atoms with Gasteiger partial charge < -0.3 is 20.1 Å². The number of rotatable bonds is 5. The van der Waals surface area contributed by atoms with Gasteiger partial charge in [-0.05, 0) is 25.3 Å². The molecule has 2 heterocycles. The van der Waals surface area contributed by atoms with Crippen LogP contribution in [-0.4, -0.2) is 63.0 Å². The highest BCUT2D eigenvalue weighted by Crippen LogP contribution is 2.21. The number of hydrogen-bond acceptors (Lipinski definition) is 4. The van der Waals surface area contributed by atoms with Gasteiger partial charge in [0.1, 0.15) is 0 Å². The molecular weight excluding hydrogens is 318 g/mol. The molecule has 0 saturated carbocycles. The van der Waals surface area contributed by atoms with Gasteiger partial charge in [-0.15, -0.1) is 0 Å². The first-order valence-electron chi connectivity index (χ1n) is 9.23. The molecule has 2 amide bonds. The number of ether oxygens (including phenoxy) is 2. The van der Waals surface area contributed by atoms with Crippen molar-refractivity contribution in [3.63, 3.8) is 0 Å². The molecule has 2 aliphatic heterocycles. The molecule has 1 aromatic rings. The molecule has 0 aliphatic carbocycles. The first-order valence-corrected chi connectivity index (χ1v) is 9.23. The van der Waals surface area contributed by atoms with E-state index in [1.807, 2.05) is 0 Å². The van der Waals surface area contributed by atoms with Crippen LogP contribution in [0.15, 0.2) is 24.3 Å². The lowest BCUT2D eigenvalue weighted by atomic mass is 10.0. The molecule has 1 atom stereocenters. The van der Waals surface area contributed by atoms with Crippen LogP contribution < -0.4 is 10.6 Å². The van der Waals surface area contributed by atoms with Crippen molar-refractivity contribution in [2.75, 3.05) is 46.1 Å². The van der Waals surface area contributed by atoms with Gasteiger partial charge in [0.2, 0.25) is 0 Å². The maximum absolute atomic E-state index is 12.3. The van der Waals surface area contributed by atoms with Gasteiger partial charge in [0, 0.05) is 38.9 Å². The Balaban J connectivity index is 1.58. The summed E-state index contributed by atoms with van der Waals surface area (Å²) in [5, 5.41) is 6.13. The average Bonchev–Trinajstić information content (AvgIpc) is 2.65. The molecule has 0 radical (unpaired) electrons. The fraction of sp³-hybridized carbons (Fsp3) is 0.632. The second-order valence-corrected chi connectivity index (χ2v) is 6.82. The number of amides is 2. The number of nitrogens with zero attached hydrogens (tertiary/aromatic N) is 1. The lowest BCUT2D eigenvalue weighted by molar-refractivity contribution is 0.0166. The SMILES string of the molecule is Cc1ccc(C(CNC(=O)NC2CCOCC2)N2CCOCC2)cc1. The van der Waals surface area contributed by atoms with E-state index in [2.05, 4.69) is 46.7 Å². The number of carbonyl (C=O) groups is 1. The summed E-state index contributed by atoms with van der Waals surface area (Å²) in [4.78, 5) is 14.7. The van der Waals surface area contributed by atoms with Crippen LogP contribution in [0.25, 0.3) is 0 Å². The molecule has 0 spiro atoms. The topological polar surface area (TPSA) is 62.8 Å².